The van der Waals surface area contributed by atoms with Crippen molar-refractivity contribution >= 4 is 11.6 Å². The highest BCUT2D eigenvalue weighted by atomic mass is 35.5. The van der Waals surface area contributed by atoms with E-state index in [9.17, 15) is 17.6 Å². The largest absolute Gasteiger partial charge is 0.416 e. The molecule has 1 saturated carbocycles. The van der Waals surface area contributed by atoms with E-state index in [1.165, 1.54) is 0 Å². The summed E-state index contributed by atoms with van der Waals surface area (Å²) in [6.45, 7) is 0. The van der Waals surface area contributed by atoms with Crippen molar-refractivity contribution in [3.63, 3.8) is 0 Å². The summed E-state index contributed by atoms with van der Waals surface area (Å²) in [5.41, 5.74) is 4.90. The van der Waals surface area contributed by atoms with Crippen molar-refractivity contribution in [2.24, 2.45) is 11.7 Å². The molecule has 0 bridgehead atoms. The monoisotopic (exact) mass is 309 g/mol. The highest BCUT2D eigenvalue weighted by Crippen LogP contribution is 2.39. The summed E-state index contributed by atoms with van der Waals surface area (Å²) >= 11 is 5.58. The Hall–Kier alpha value is -0.810. The predicted octanol–water partition coefficient (Wildman–Crippen LogP) is 5.08. The average molecular weight is 310 g/mol. The van der Waals surface area contributed by atoms with Crippen LogP contribution in [-0.4, -0.2) is 0 Å². The predicted molar refractivity (Wildman–Crippen MR) is 69.9 cm³/mol. The van der Waals surface area contributed by atoms with Crippen LogP contribution < -0.4 is 5.73 Å². The Morgan fingerprint density at radius 2 is 1.75 bits per heavy atom. The van der Waals surface area contributed by atoms with Gasteiger partial charge in [0.25, 0.3) is 0 Å². The minimum absolute atomic E-state index is 0.0119. The van der Waals surface area contributed by atoms with Crippen molar-refractivity contribution < 1.29 is 17.6 Å². The molecule has 0 aromatic heterocycles. The molecule has 1 atom stereocenters. The van der Waals surface area contributed by atoms with E-state index in [1.807, 2.05) is 0 Å². The van der Waals surface area contributed by atoms with Crippen LogP contribution in [0.25, 0.3) is 0 Å². The van der Waals surface area contributed by atoms with Crippen LogP contribution in [0.4, 0.5) is 17.6 Å². The van der Waals surface area contributed by atoms with Crippen LogP contribution >= 0.6 is 11.6 Å². The Morgan fingerprint density at radius 1 is 1.15 bits per heavy atom. The topological polar surface area (TPSA) is 26.0 Å². The van der Waals surface area contributed by atoms with Gasteiger partial charge in [0.1, 0.15) is 5.82 Å². The van der Waals surface area contributed by atoms with Crippen LogP contribution in [0.5, 0.6) is 0 Å². The van der Waals surface area contributed by atoms with E-state index in [2.05, 4.69) is 0 Å². The number of halogens is 5. The lowest BCUT2D eigenvalue weighted by Crippen LogP contribution is -2.25. The van der Waals surface area contributed by atoms with E-state index in [0.29, 0.717) is 6.07 Å². The maximum Gasteiger partial charge on any atom is 0.416 e. The van der Waals surface area contributed by atoms with Crippen LogP contribution in [0.2, 0.25) is 5.02 Å². The first kappa shape index (κ1) is 15.6. The molecule has 1 fully saturated rings. The molecule has 0 unspecified atom stereocenters. The maximum absolute atomic E-state index is 14.0. The summed E-state index contributed by atoms with van der Waals surface area (Å²) in [6, 6.07) is 0.657. The maximum atomic E-state index is 14.0. The van der Waals surface area contributed by atoms with Crippen molar-refractivity contribution in [2.75, 3.05) is 0 Å². The molecule has 1 nitrogen and oxygen atoms in total. The number of hydrogen-bond acceptors (Lipinski definition) is 1. The second-order valence-corrected chi connectivity index (χ2v) is 5.69. The molecule has 0 saturated heterocycles. The SMILES string of the molecule is N[C@@H](c1cc(C(F)(F)F)cc(Cl)c1F)C1CCCCC1. The fourth-order valence-electron chi connectivity index (χ4n) is 2.76. The molecule has 6 heteroatoms. The van der Waals surface area contributed by atoms with Gasteiger partial charge in [-0.2, -0.15) is 13.2 Å². The third-order valence-corrected chi connectivity index (χ3v) is 4.18. The Kier molecular flexibility index (Phi) is 4.59. The van der Waals surface area contributed by atoms with E-state index in [4.69, 9.17) is 17.3 Å². The first-order valence-electron chi connectivity index (χ1n) is 6.62. The Labute approximate surface area is 120 Å². The summed E-state index contributed by atoms with van der Waals surface area (Å²) in [5.74, 6) is -0.824. The number of nitrogens with two attached hydrogens (primary N) is 1. The van der Waals surface area contributed by atoms with Gasteiger partial charge in [-0.3, -0.25) is 0 Å². The molecule has 0 aliphatic heterocycles. The van der Waals surface area contributed by atoms with E-state index in [-0.39, 0.29) is 11.5 Å². The Bertz CT molecular complexity index is 481. The minimum atomic E-state index is -4.56. The summed E-state index contributed by atoms with van der Waals surface area (Å²) in [7, 11) is 0. The highest BCUT2D eigenvalue weighted by Gasteiger charge is 2.34. The molecule has 1 aliphatic carbocycles. The molecule has 1 aliphatic rings. The zero-order valence-corrected chi connectivity index (χ0v) is 11.6. The number of rotatable bonds is 2. The number of hydrogen-bond donors (Lipinski definition) is 1. The van der Waals surface area contributed by atoms with Crippen LogP contribution in [0.15, 0.2) is 12.1 Å². The summed E-state index contributed by atoms with van der Waals surface area (Å²) in [4.78, 5) is 0. The van der Waals surface area contributed by atoms with Gasteiger partial charge in [-0.25, -0.2) is 4.39 Å². The molecule has 112 valence electrons. The van der Waals surface area contributed by atoms with Crippen molar-refractivity contribution in [1.82, 2.24) is 0 Å². The van der Waals surface area contributed by atoms with Crippen molar-refractivity contribution in [3.8, 4) is 0 Å². The number of benzene rings is 1. The van der Waals surface area contributed by atoms with Gasteiger partial charge in [-0.15, -0.1) is 0 Å². The minimum Gasteiger partial charge on any atom is -0.324 e. The van der Waals surface area contributed by atoms with E-state index < -0.39 is 28.6 Å². The van der Waals surface area contributed by atoms with Gasteiger partial charge >= 0.3 is 6.18 Å². The van der Waals surface area contributed by atoms with Gasteiger partial charge < -0.3 is 5.73 Å². The van der Waals surface area contributed by atoms with Crippen LogP contribution in [0, 0.1) is 11.7 Å². The van der Waals surface area contributed by atoms with Crippen LogP contribution in [0.3, 0.4) is 0 Å². The molecular weight excluding hydrogens is 294 g/mol. The lowest BCUT2D eigenvalue weighted by molar-refractivity contribution is -0.137. The third kappa shape index (κ3) is 3.26. The fourth-order valence-corrected chi connectivity index (χ4v) is 2.99. The normalized spacial score (nSPS) is 19.1. The molecule has 0 amide bonds. The van der Waals surface area contributed by atoms with E-state index in [0.717, 1.165) is 38.2 Å². The van der Waals surface area contributed by atoms with Gasteiger partial charge in [0.2, 0.25) is 0 Å². The Balaban J connectivity index is 2.36. The third-order valence-electron chi connectivity index (χ3n) is 3.90. The van der Waals surface area contributed by atoms with Crippen molar-refractivity contribution in [2.45, 2.75) is 44.3 Å². The summed E-state index contributed by atoms with van der Waals surface area (Å²) < 4.78 is 52.3. The summed E-state index contributed by atoms with van der Waals surface area (Å²) in [5, 5.41) is -0.527. The molecular formula is C14H16ClF4N. The fraction of sp³-hybridized carbons (Fsp3) is 0.571. The molecule has 0 radical (unpaired) electrons. The molecule has 1 aromatic carbocycles. The Morgan fingerprint density at radius 3 is 2.30 bits per heavy atom. The van der Waals surface area contributed by atoms with Gasteiger partial charge in [0.15, 0.2) is 0 Å². The average Bonchev–Trinajstić information content (AvgIpc) is 2.40. The molecule has 1 aromatic rings. The zero-order valence-electron chi connectivity index (χ0n) is 10.8. The molecule has 0 spiro atoms. The van der Waals surface area contributed by atoms with E-state index in [1.54, 1.807) is 0 Å². The standard InChI is InChI=1S/C14H16ClF4N/c15-11-7-9(14(17,18)19)6-10(12(11)16)13(20)8-4-2-1-3-5-8/h6-8,13H,1-5,20H2/t13-/m1/s1. The second kappa shape index (κ2) is 5.90. The zero-order chi connectivity index (χ0) is 14.9. The lowest BCUT2D eigenvalue weighted by Gasteiger charge is -2.28. The van der Waals surface area contributed by atoms with Gasteiger partial charge in [0, 0.05) is 11.6 Å². The first-order valence-corrected chi connectivity index (χ1v) is 7.00. The smallest absolute Gasteiger partial charge is 0.324 e. The van der Waals surface area contributed by atoms with Crippen molar-refractivity contribution in [1.29, 1.82) is 0 Å². The quantitative estimate of drug-likeness (QED) is 0.758. The molecule has 2 N–H and O–H groups in total. The van der Waals surface area contributed by atoms with Crippen LogP contribution in [0.1, 0.15) is 49.3 Å². The first-order chi connectivity index (χ1) is 9.30. The van der Waals surface area contributed by atoms with Gasteiger partial charge in [-0.1, -0.05) is 30.9 Å². The second-order valence-electron chi connectivity index (χ2n) is 5.28. The highest BCUT2D eigenvalue weighted by molar-refractivity contribution is 6.30. The molecule has 20 heavy (non-hydrogen) atoms. The molecule has 2 rings (SSSR count). The van der Waals surface area contributed by atoms with Crippen molar-refractivity contribution in [3.05, 3.63) is 34.1 Å². The van der Waals surface area contributed by atoms with E-state index >= 15 is 0 Å². The number of alkyl halides is 3. The summed E-state index contributed by atoms with van der Waals surface area (Å²) in [6.07, 6.45) is 0.121. The van der Waals surface area contributed by atoms with Crippen LogP contribution in [-0.2, 0) is 6.18 Å². The van der Waals surface area contributed by atoms with Gasteiger partial charge in [0.05, 0.1) is 10.6 Å². The molecule has 0 heterocycles. The van der Waals surface area contributed by atoms with Gasteiger partial charge in [-0.05, 0) is 30.9 Å². The lowest BCUT2D eigenvalue weighted by atomic mass is 9.81.